The van der Waals surface area contributed by atoms with Crippen molar-refractivity contribution < 1.29 is 57.3 Å². The van der Waals surface area contributed by atoms with E-state index in [1.165, 1.54) is 32.1 Å². The summed E-state index contributed by atoms with van der Waals surface area (Å²) in [4.78, 5) is 11.5. The van der Waals surface area contributed by atoms with Crippen LogP contribution < -0.4 is 0 Å². The second-order valence-corrected chi connectivity index (χ2v) is 10.8. The fourth-order valence-electron chi connectivity index (χ4n) is 2.71. The van der Waals surface area contributed by atoms with Crippen LogP contribution in [0.25, 0.3) is 0 Å². The summed E-state index contributed by atoms with van der Waals surface area (Å²) in [7, 11) is -7.05. The van der Waals surface area contributed by atoms with E-state index < -0.39 is 33.4 Å². The molecule has 0 aromatic heterocycles. The molecule has 186 valence electrons. The minimum atomic E-state index is -7.43. The molecule has 0 bridgehead atoms. The van der Waals surface area contributed by atoms with E-state index in [2.05, 4.69) is 13.2 Å². The van der Waals surface area contributed by atoms with Crippen molar-refractivity contribution in [2.45, 2.75) is 80.4 Å². The number of carbonyl (C=O) groups excluding carboxylic acids is 1. The van der Waals surface area contributed by atoms with E-state index in [0.717, 1.165) is 23.8 Å². The third kappa shape index (κ3) is 7.41. The van der Waals surface area contributed by atoms with E-state index >= 15 is 0 Å². The molecule has 31 heavy (non-hydrogen) atoms. The van der Waals surface area contributed by atoms with Crippen LogP contribution in [0.2, 0.25) is 0 Å². The lowest BCUT2D eigenvalue weighted by Crippen LogP contribution is -2.63. The van der Waals surface area contributed by atoms with Gasteiger partial charge >= 0.3 is 23.3 Å². The fraction of sp³-hybridized carbons (Fsp3) is 0.938. The maximum atomic E-state index is 12.2. The Morgan fingerprint density at radius 2 is 1.39 bits per heavy atom. The van der Waals surface area contributed by atoms with Gasteiger partial charge < -0.3 is 4.55 Å². The first kappa shape index (κ1) is 30.3. The number of hydrogen-bond donors (Lipinski definition) is 0. The van der Waals surface area contributed by atoms with Crippen LogP contribution in [-0.4, -0.2) is 59.3 Å². The zero-order chi connectivity index (χ0) is 24.9. The molecule has 0 radical (unpaired) electrons. The molecule has 4 nitrogen and oxygen atoms in total. The van der Waals surface area contributed by atoms with Crippen LogP contribution in [0.15, 0.2) is 0 Å². The predicted octanol–water partition coefficient (Wildman–Crippen LogP) is 4.89. The van der Waals surface area contributed by atoms with Crippen molar-refractivity contribution in [3.05, 3.63) is 0 Å². The number of alkyl halides is 9. The van der Waals surface area contributed by atoms with Gasteiger partial charge in [0.05, 0.1) is 6.26 Å². The van der Waals surface area contributed by atoms with Crippen molar-refractivity contribution in [3.63, 3.8) is 0 Å². The smallest absolute Gasteiger partial charge is 0.460 e. The molecular weight excluding hydrogens is 491 g/mol. The Kier molecular flexibility index (Phi) is 10.7. The molecule has 1 aliphatic carbocycles. The highest BCUT2D eigenvalue weighted by molar-refractivity contribution is 7.97. The van der Waals surface area contributed by atoms with E-state index in [9.17, 15) is 57.3 Å². The average Bonchev–Trinajstić information content (AvgIpc) is 2.61. The zero-order valence-corrected chi connectivity index (χ0v) is 18.2. The summed E-state index contributed by atoms with van der Waals surface area (Å²) in [6.45, 7) is 2.09. The van der Waals surface area contributed by atoms with E-state index in [0.29, 0.717) is 16.7 Å². The highest BCUT2D eigenvalue weighted by atomic mass is 32.2. The van der Waals surface area contributed by atoms with Crippen LogP contribution >= 0.6 is 0 Å². The molecule has 0 spiro atoms. The molecule has 0 saturated heterocycles. The number of hydrogen-bond acceptors (Lipinski definition) is 4. The van der Waals surface area contributed by atoms with Gasteiger partial charge in [-0.1, -0.05) is 13.3 Å². The lowest BCUT2D eigenvalue weighted by molar-refractivity contribution is -0.382. The van der Waals surface area contributed by atoms with Gasteiger partial charge in [-0.2, -0.15) is 39.5 Å². The topological polar surface area (TPSA) is 74.3 Å². The van der Waals surface area contributed by atoms with Crippen molar-refractivity contribution in [1.82, 2.24) is 0 Å². The summed E-state index contributed by atoms with van der Waals surface area (Å²) in [5.41, 5.74) is 0. The Balaban J connectivity index is 0.000000590. The SMILES string of the molecule is CCCC(=O)C[S+](C)C1CCCCC1.O=S(=O)([O-])C(F)(F)C(F)(F)C(F)(F)C(F)(F)F. The fourth-order valence-corrected chi connectivity index (χ4v) is 5.18. The summed E-state index contributed by atoms with van der Waals surface area (Å²) in [6.07, 6.45) is 3.89. The van der Waals surface area contributed by atoms with Crippen molar-refractivity contribution in [3.8, 4) is 0 Å². The number of halogens is 9. The third-order valence-electron chi connectivity index (χ3n) is 4.47. The van der Waals surface area contributed by atoms with Crippen molar-refractivity contribution in [2.24, 2.45) is 0 Å². The van der Waals surface area contributed by atoms with Gasteiger partial charge in [0.1, 0.15) is 5.25 Å². The summed E-state index contributed by atoms with van der Waals surface area (Å²) in [5, 5.41) is -6.25. The minimum Gasteiger partial charge on any atom is -0.743 e. The van der Waals surface area contributed by atoms with Crippen LogP contribution in [-0.2, 0) is 25.8 Å². The molecule has 1 unspecified atom stereocenters. The summed E-state index contributed by atoms with van der Waals surface area (Å²) in [6, 6.07) is 0. The van der Waals surface area contributed by atoms with E-state index in [1.807, 2.05) is 0 Å². The van der Waals surface area contributed by atoms with E-state index in [1.54, 1.807) is 0 Å². The van der Waals surface area contributed by atoms with E-state index in [4.69, 9.17) is 0 Å². The van der Waals surface area contributed by atoms with Gasteiger partial charge in [-0.05, 0) is 43.0 Å². The summed E-state index contributed by atoms with van der Waals surface area (Å²) in [5.74, 6) is -13.5. The first-order valence-corrected chi connectivity index (χ1v) is 12.3. The third-order valence-corrected chi connectivity index (χ3v) is 7.74. The Bertz CT molecular complexity index is 688. The minimum absolute atomic E-state index is 0.362. The highest BCUT2D eigenvalue weighted by Crippen LogP contribution is 2.54. The van der Waals surface area contributed by atoms with Crippen LogP contribution in [0.3, 0.4) is 0 Å². The van der Waals surface area contributed by atoms with Crippen LogP contribution in [0.5, 0.6) is 0 Å². The Morgan fingerprint density at radius 1 is 0.935 bits per heavy atom. The molecule has 1 aliphatic rings. The summed E-state index contributed by atoms with van der Waals surface area (Å²) < 4.78 is 135. The standard InChI is InChI=1S/C12H23OS.C4HF9O3S/c1-3-7-11(13)10-14(2)12-8-5-4-6-9-12;5-1(6,3(9,10)11)2(7,8)4(12,13)17(14,15)16/h12H,3-10H2,1-2H3;(H,14,15,16)/q+1;/p-1. The molecule has 1 fully saturated rings. The molecular formula is C16H23F9O4S2. The van der Waals surface area contributed by atoms with Crippen molar-refractivity contribution >= 4 is 26.8 Å². The Hall–Kier alpha value is -0.700. The first-order chi connectivity index (χ1) is 13.7. The van der Waals surface area contributed by atoms with E-state index in [-0.39, 0.29) is 0 Å². The maximum absolute atomic E-state index is 12.2. The Labute approximate surface area is 177 Å². The average molecular weight is 514 g/mol. The van der Waals surface area contributed by atoms with Gasteiger partial charge in [0, 0.05) is 6.42 Å². The predicted molar refractivity (Wildman–Crippen MR) is 95.5 cm³/mol. The lowest BCUT2D eigenvalue weighted by atomic mass is 10.0. The van der Waals surface area contributed by atoms with Gasteiger partial charge in [-0.3, -0.25) is 4.79 Å². The monoisotopic (exact) mass is 514 g/mol. The van der Waals surface area contributed by atoms with Gasteiger partial charge in [-0.15, -0.1) is 0 Å². The van der Waals surface area contributed by atoms with Crippen LogP contribution in [0.1, 0.15) is 51.9 Å². The molecule has 15 heteroatoms. The molecule has 0 aliphatic heterocycles. The molecule has 0 N–H and O–H groups in total. The van der Waals surface area contributed by atoms with Gasteiger partial charge in [0.25, 0.3) is 0 Å². The lowest BCUT2D eigenvalue weighted by Gasteiger charge is -2.34. The molecule has 0 amide bonds. The summed E-state index contributed by atoms with van der Waals surface area (Å²) >= 11 is 0. The van der Waals surface area contributed by atoms with Crippen molar-refractivity contribution in [2.75, 3.05) is 12.0 Å². The highest BCUT2D eigenvalue weighted by Gasteiger charge is 2.83. The zero-order valence-electron chi connectivity index (χ0n) is 16.6. The molecule has 1 rings (SSSR count). The van der Waals surface area contributed by atoms with Crippen molar-refractivity contribution in [1.29, 1.82) is 0 Å². The molecule has 1 saturated carbocycles. The van der Waals surface area contributed by atoms with Gasteiger partial charge in [-0.25, -0.2) is 8.42 Å². The van der Waals surface area contributed by atoms with Crippen LogP contribution in [0, 0.1) is 0 Å². The van der Waals surface area contributed by atoms with Gasteiger partial charge in [0.2, 0.25) is 0 Å². The van der Waals surface area contributed by atoms with Gasteiger partial charge in [0.15, 0.2) is 21.7 Å². The Morgan fingerprint density at radius 3 is 1.74 bits per heavy atom. The molecule has 0 aromatic rings. The number of carbonyl (C=O) groups is 1. The maximum Gasteiger partial charge on any atom is 0.460 e. The molecule has 0 aromatic carbocycles. The largest absolute Gasteiger partial charge is 0.743 e. The molecule has 0 heterocycles. The number of rotatable bonds is 8. The number of ketones is 1. The number of Topliss-reactive ketones (excluding diaryl/α,β-unsaturated/α-hetero) is 1. The quantitative estimate of drug-likeness (QED) is 0.263. The second-order valence-electron chi connectivity index (χ2n) is 7.00. The van der Waals surface area contributed by atoms with Crippen LogP contribution in [0.4, 0.5) is 39.5 Å². The normalized spacial score (nSPS) is 18.2. The second kappa shape index (κ2) is 10.9. The first-order valence-electron chi connectivity index (χ1n) is 9.02. The molecule has 1 atom stereocenters.